The first kappa shape index (κ1) is 13.6. The van der Waals surface area contributed by atoms with Gasteiger partial charge >= 0.3 is 0 Å². The standard InChI is InChI=1S/C22H14OS/c23-20-13-22-19(17-7-3-4-8-21(17)24-22)12-18(20)16-10-9-14-5-1-2-6-15(14)11-16/h1-13,23H. The van der Waals surface area contributed by atoms with Gasteiger partial charge in [-0.3, -0.25) is 0 Å². The van der Waals surface area contributed by atoms with E-state index in [9.17, 15) is 5.11 Å². The Hall–Kier alpha value is -2.84. The van der Waals surface area contributed by atoms with Crippen molar-refractivity contribution in [1.29, 1.82) is 0 Å². The molecular formula is C22H14OS. The van der Waals surface area contributed by atoms with Crippen LogP contribution in [0.5, 0.6) is 5.75 Å². The molecule has 2 heteroatoms. The molecule has 114 valence electrons. The third kappa shape index (κ3) is 2.00. The number of phenolic OH excluding ortho intramolecular Hbond substituents is 1. The summed E-state index contributed by atoms with van der Waals surface area (Å²) in [6.45, 7) is 0. The second-order valence-corrected chi connectivity index (χ2v) is 7.11. The van der Waals surface area contributed by atoms with Crippen molar-refractivity contribution in [3.8, 4) is 16.9 Å². The first-order valence-corrected chi connectivity index (χ1v) is 8.75. The van der Waals surface area contributed by atoms with Crippen LogP contribution in [0.1, 0.15) is 0 Å². The van der Waals surface area contributed by atoms with Gasteiger partial charge in [-0.1, -0.05) is 54.6 Å². The molecular weight excluding hydrogens is 312 g/mol. The van der Waals surface area contributed by atoms with Crippen LogP contribution in [0.3, 0.4) is 0 Å². The fraction of sp³-hybridized carbons (Fsp3) is 0. The quantitative estimate of drug-likeness (QED) is 0.369. The SMILES string of the molecule is Oc1cc2sc3ccccc3c2cc1-c1ccc2ccccc2c1. The van der Waals surface area contributed by atoms with E-state index in [1.165, 1.54) is 26.2 Å². The maximum atomic E-state index is 10.6. The molecule has 0 bridgehead atoms. The van der Waals surface area contributed by atoms with Gasteiger partial charge in [-0.15, -0.1) is 11.3 Å². The summed E-state index contributed by atoms with van der Waals surface area (Å²) >= 11 is 1.72. The average Bonchev–Trinajstić information content (AvgIpc) is 2.98. The highest BCUT2D eigenvalue weighted by Gasteiger charge is 2.11. The molecule has 1 N–H and O–H groups in total. The highest BCUT2D eigenvalue weighted by Crippen LogP contribution is 2.41. The summed E-state index contributed by atoms with van der Waals surface area (Å²) in [5.74, 6) is 0.337. The van der Waals surface area contributed by atoms with E-state index in [0.717, 1.165) is 15.8 Å². The zero-order valence-corrected chi connectivity index (χ0v) is 13.7. The second kappa shape index (κ2) is 5.08. The maximum absolute atomic E-state index is 10.6. The predicted octanol–water partition coefficient (Wildman–Crippen LogP) is 6.58. The van der Waals surface area contributed by atoms with E-state index in [0.29, 0.717) is 5.75 Å². The molecule has 5 rings (SSSR count). The topological polar surface area (TPSA) is 20.2 Å². The summed E-state index contributed by atoms with van der Waals surface area (Å²) in [6.07, 6.45) is 0. The summed E-state index contributed by atoms with van der Waals surface area (Å²) in [5, 5.41) is 15.4. The van der Waals surface area contributed by atoms with Gasteiger partial charge in [0.15, 0.2) is 0 Å². The van der Waals surface area contributed by atoms with Crippen LogP contribution in [0.4, 0.5) is 0 Å². The monoisotopic (exact) mass is 326 g/mol. The van der Waals surface area contributed by atoms with Crippen molar-refractivity contribution < 1.29 is 5.11 Å². The lowest BCUT2D eigenvalue weighted by molar-refractivity contribution is 0.478. The Morgan fingerprint density at radius 2 is 1.42 bits per heavy atom. The number of phenols is 1. The lowest BCUT2D eigenvalue weighted by Crippen LogP contribution is -1.81. The molecule has 0 aliphatic rings. The van der Waals surface area contributed by atoms with Crippen molar-refractivity contribution in [2.24, 2.45) is 0 Å². The van der Waals surface area contributed by atoms with E-state index in [4.69, 9.17) is 0 Å². The van der Waals surface area contributed by atoms with Gasteiger partial charge in [-0.2, -0.15) is 0 Å². The zero-order valence-electron chi connectivity index (χ0n) is 12.9. The molecule has 0 aliphatic heterocycles. The van der Waals surface area contributed by atoms with Gasteiger partial charge in [0.05, 0.1) is 0 Å². The fourth-order valence-electron chi connectivity index (χ4n) is 3.35. The summed E-state index contributed by atoms with van der Waals surface area (Å²) in [7, 11) is 0. The first-order chi connectivity index (χ1) is 11.8. The van der Waals surface area contributed by atoms with Crippen LogP contribution < -0.4 is 0 Å². The maximum Gasteiger partial charge on any atom is 0.124 e. The predicted molar refractivity (Wildman–Crippen MR) is 104 cm³/mol. The van der Waals surface area contributed by atoms with Crippen LogP contribution in [0, 0.1) is 0 Å². The van der Waals surface area contributed by atoms with Crippen LogP contribution in [-0.4, -0.2) is 5.11 Å². The van der Waals surface area contributed by atoms with Gasteiger partial charge < -0.3 is 5.11 Å². The summed E-state index contributed by atoms with van der Waals surface area (Å²) in [6, 6.07) is 27.1. The smallest absolute Gasteiger partial charge is 0.124 e. The lowest BCUT2D eigenvalue weighted by Gasteiger charge is -2.07. The average molecular weight is 326 g/mol. The van der Waals surface area contributed by atoms with E-state index in [1.807, 2.05) is 18.2 Å². The van der Waals surface area contributed by atoms with Gasteiger partial charge in [0.25, 0.3) is 0 Å². The summed E-state index contributed by atoms with van der Waals surface area (Å²) in [5.41, 5.74) is 1.93. The lowest BCUT2D eigenvalue weighted by atomic mass is 9.99. The van der Waals surface area contributed by atoms with E-state index in [2.05, 4.69) is 60.7 Å². The number of aromatic hydroxyl groups is 1. The number of hydrogen-bond donors (Lipinski definition) is 1. The van der Waals surface area contributed by atoms with E-state index < -0.39 is 0 Å². The van der Waals surface area contributed by atoms with Crippen LogP contribution in [0.15, 0.2) is 78.9 Å². The van der Waals surface area contributed by atoms with Crippen molar-refractivity contribution in [2.45, 2.75) is 0 Å². The first-order valence-electron chi connectivity index (χ1n) is 7.93. The van der Waals surface area contributed by atoms with Crippen molar-refractivity contribution in [3.05, 3.63) is 78.9 Å². The van der Waals surface area contributed by atoms with Crippen LogP contribution in [-0.2, 0) is 0 Å². The third-order valence-electron chi connectivity index (χ3n) is 4.56. The molecule has 5 aromatic rings. The zero-order chi connectivity index (χ0) is 16.1. The third-order valence-corrected chi connectivity index (χ3v) is 5.69. The minimum absolute atomic E-state index is 0.337. The molecule has 0 aliphatic carbocycles. The second-order valence-electron chi connectivity index (χ2n) is 6.03. The highest BCUT2D eigenvalue weighted by molar-refractivity contribution is 7.25. The number of fused-ring (bicyclic) bond motifs is 4. The molecule has 0 saturated heterocycles. The Balaban J connectivity index is 1.80. The fourth-order valence-corrected chi connectivity index (χ4v) is 4.47. The Morgan fingerprint density at radius 1 is 0.625 bits per heavy atom. The van der Waals surface area contributed by atoms with Crippen molar-refractivity contribution >= 4 is 42.3 Å². The van der Waals surface area contributed by atoms with Crippen molar-refractivity contribution in [1.82, 2.24) is 0 Å². The molecule has 0 unspecified atom stereocenters. The molecule has 0 atom stereocenters. The molecule has 0 radical (unpaired) electrons. The summed E-state index contributed by atoms with van der Waals surface area (Å²) in [4.78, 5) is 0. The van der Waals surface area contributed by atoms with Crippen LogP contribution in [0.2, 0.25) is 0 Å². The van der Waals surface area contributed by atoms with Crippen LogP contribution in [0.25, 0.3) is 42.1 Å². The van der Waals surface area contributed by atoms with Gasteiger partial charge in [0, 0.05) is 25.7 Å². The molecule has 4 aromatic carbocycles. The minimum atomic E-state index is 0.337. The summed E-state index contributed by atoms with van der Waals surface area (Å²) < 4.78 is 2.38. The van der Waals surface area contributed by atoms with Crippen molar-refractivity contribution in [2.75, 3.05) is 0 Å². The normalized spacial score (nSPS) is 11.5. The molecule has 0 fully saturated rings. The van der Waals surface area contributed by atoms with E-state index >= 15 is 0 Å². The largest absolute Gasteiger partial charge is 0.507 e. The molecule has 0 saturated carbocycles. The molecule has 1 nitrogen and oxygen atoms in total. The van der Waals surface area contributed by atoms with Gasteiger partial charge in [0.1, 0.15) is 5.75 Å². The van der Waals surface area contributed by atoms with Gasteiger partial charge in [-0.25, -0.2) is 0 Å². The number of rotatable bonds is 1. The molecule has 0 amide bonds. The Morgan fingerprint density at radius 3 is 2.33 bits per heavy atom. The van der Waals surface area contributed by atoms with E-state index in [-0.39, 0.29) is 0 Å². The molecule has 24 heavy (non-hydrogen) atoms. The van der Waals surface area contributed by atoms with Crippen molar-refractivity contribution in [3.63, 3.8) is 0 Å². The van der Waals surface area contributed by atoms with Gasteiger partial charge in [0.2, 0.25) is 0 Å². The Labute approximate surface area is 143 Å². The van der Waals surface area contributed by atoms with Gasteiger partial charge in [-0.05, 0) is 40.6 Å². The molecule has 0 spiro atoms. The molecule has 1 aromatic heterocycles. The molecule has 1 heterocycles. The Kier molecular flexibility index (Phi) is 2.88. The van der Waals surface area contributed by atoms with E-state index in [1.54, 1.807) is 11.3 Å². The minimum Gasteiger partial charge on any atom is -0.507 e. The van der Waals surface area contributed by atoms with Crippen LogP contribution >= 0.6 is 11.3 Å². The Bertz CT molecular complexity index is 1220. The number of thiophene rings is 1. The number of benzene rings is 4. The highest BCUT2D eigenvalue weighted by atomic mass is 32.1. The number of hydrogen-bond acceptors (Lipinski definition) is 2.